The highest BCUT2D eigenvalue weighted by Crippen LogP contribution is 2.30. The summed E-state index contributed by atoms with van der Waals surface area (Å²) in [7, 11) is 0. The molecule has 1 aliphatic heterocycles. The molecule has 4 rings (SSSR count). The molecule has 4 aliphatic rings. The molecule has 1 atom stereocenters. The summed E-state index contributed by atoms with van der Waals surface area (Å²) in [5.74, 6) is 1.39. The van der Waals surface area contributed by atoms with Gasteiger partial charge in [-0.1, -0.05) is 32.1 Å². The second-order valence-electron chi connectivity index (χ2n) is 10.6. The summed E-state index contributed by atoms with van der Waals surface area (Å²) in [6, 6.07) is 1.52. The Morgan fingerprint density at radius 1 is 0.833 bits per heavy atom. The molecule has 1 heterocycles. The number of piperazine rings is 1. The Bertz CT molecular complexity index is 575. The highest BCUT2D eigenvalue weighted by Gasteiger charge is 2.36. The number of carbonyl (C=O) groups is 2. The number of rotatable bonds is 5. The van der Waals surface area contributed by atoms with Gasteiger partial charge in [-0.2, -0.15) is 0 Å². The summed E-state index contributed by atoms with van der Waals surface area (Å²) in [5.41, 5.74) is 0. The second-order valence-corrected chi connectivity index (χ2v) is 10.6. The first-order chi connectivity index (χ1) is 14.6. The molecule has 1 N–H and O–H groups in total. The highest BCUT2D eigenvalue weighted by molar-refractivity contribution is 5.79. The molecule has 1 saturated heterocycles. The van der Waals surface area contributed by atoms with Gasteiger partial charge in [0.15, 0.2) is 0 Å². The zero-order valence-electron chi connectivity index (χ0n) is 19.1. The average molecular weight is 418 g/mol. The quantitative estimate of drug-likeness (QED) is 0.732. The highest BCUT2D eigenvalue weighted by atomic mass is 16.2. The van der Waals surface area contributed by atoms with E-state index in [-0.39, 0.29) is 17.9 Å². The van der Waals surface area contributed by atoms with Gasteiger partial charge in [0.25, 0.3) is 0 Å². The molecule has 0 aromatic carbocycles. The Morgan fingerprint density at radius 2 is 1.50 bits per heavy atom. The van der Waals surface area contributed by atoms with Crippen LogP contribution in [-0.2, 0) is 9.59 Å². The van der Waals surface area contributed by atoms with Crippen molar-refractivity contribution in [2.45, 2.75) is 115 Å². The minimum Gasteiger partial charge on any atom is -0.353 e. The van der Waals surface area contributed by atoms with Gasteiger partial charge < -0.3 is 10.2 Å². The molecule has 2 amide bonds. The van der Waals surface area contributed by atoms with Crippen LogP contribution >= 0.6 is 0 Å². The van der Waals surface area contributed by atoms with Gasteiger partial charge >= 0.3 is 0 Å². The van der Waals surface area contributed by atoms with E-state index in [0.29, 0.717) is 24.3 Å². The molecular formula is C25H43N3O2. The van der Waals surface area contributed by atoms with Crippen molar-refractivity contribution in [1.29, 1.82) is 0 Å². The topological polar surface area (TPSA) is 52.7 Å². The fourth-order valence-corrected chi connectivity index (χ4v) is 6.63. The first-order valence-corrected chi connectivity index (χ1v) is 12.9. The van der Waals surface area contributed by atoms with Crippen LogP contribution in [0.15, 0.2) is 0 Å². The SMILES string of the molecule is CC1CN(C(=O)C2CCC(NC(=O)CC3CCCCC3)CC2)CCN1C1CCCC1. The minimum atomic E-state index is 0.168. The molecule has 0 aromatic heterocycles. The number of amides is 2. The summed E-state index contributed by atoms with van der Waals surface area (Å²) in [5, 5.41) is 3.28. The predicted molar refractivity (Wildman–Crippen MR) is 120 cm³/mol. The van der Waals surface area contributed by atoms with E-state index < -0.39 is 0 Å². The maximum atomic E-state index is 13.1. The van der Waals surface area contributed by atoms with E-state index in [1.807, 2.05) is 0 Å². The molecule has 5 nitrogen and oxygen atoms in total. The first-order valence-electron chi connectivity index (χ1n) is 12.9. The second kappa shape index (κ2) is 10.5. The van der Waals surface area contributed by atoms with Gasteiger partial charge in [0.2, 0.25) is 11.8 Å². The average Bonchev–Trinajstić information content (AvgIpc) is 3.29. The standard InChI is InChI=1S/C25H43N3O2/c1-19-18-27(15-16-28(19)23-9-5-6-10-23)25(30)21-11-13-22(14-12-21)26-24(29)17-20-7-3-2-4-8-20/h19-23H,2-18H2,1H3,(H,26,29). The smallest absolute Gasteiger partial charge is 0.225 e. The lowest BCUT2D eigenvalue weighted by atomic mass is 9.84. The molecule has 170 valence electrons. The summed E-state index contributed by atoms with van der Waals surface area (Å²) in [6.45, 7) is 5.14. The van der Waals surface area contributed by atoms with Crippen molar-refractivity contribution in [3.05, 3.63) is 0 Å². The Hall–Kier alpha value is -1.10. The van der Waals surface area contributed by atoms with Crippen molar-refractivity contribution >= 4 is 11.8 Å². The van der Waals surface area contributed by atoms with Crippen molar-refractivity contribution in [1.82, 2.24) is 15.1 Å². The molecule has 0 spiro atoms. The number of hydrogen-bond donors (Lipinski definition) is 1. The van der Waals surface area contributed by atoms with Crippen molar-refractivity contribution in [2.24, 2.45) is 11.8 Å². The molecule has 0 aromatic rings. The van der Waals surface area contributed by atoms with E-state index in [0.717, 1.165) is 51.4 Å². The van der Waals surface area contributed by atoms with Crippen LogP contribution in [0.1, 0.15) is 96.8 Å². The van der Waals surface area contributed by atoms with Gasteiger partial charge in [-0.05, 0) is 64.2 Å². The summed E-state index contributed by atoms with van der Waals surface area (Å²) in [4.78, 5) is 30.4. The fraction of sp³-hybridized carbons (Fsp3) is 0.920. The van der Waals surface area contributed by atoms with Crippen molar-refractivity contribution in [3.63, 3.8) is 0 Å². The number of carbonyl (C=O) groups excluding carboxylic acids is 2. The maximum Gasteiger partial charge on any atom is 0.225 e. The molecular weight excluding hydrogens is 374 g/mol. The van der Waals surface area contributed by atoms with E-state index in [1.54, 1.807) is 0 Å². The van der Waals surface area contributed by atoms with Gasteiger partial charge in [0, 0.05) is 50.1 Å². The van der Waals surface area contributed by atoms with Crippen LogP contribution in [0.4, 0.5) is 0 Å². The third-order valence-electron chi connectivity index (χ3n) is 8.42. The van der Waals surface area contributed by atoms with E-state index in [9.17, 15) is 9.59 Å². The lowest BCUT2D eigenvalue weighted by molar-refractivity contribution is -0.140. The lowest BCUT2D eigenvalue weighted by Gasteiger charge is -2.44. The zero-order valence-corrected chi connectivity index (χ0v) is 19.1. The fourth-order valence-electron chi connectivity index (χ4n) is 6.63. The largest absolute Gasteiger partial charge is 0.353 e. The molecule has 4 fully saturated rings. The molecule has 5 heteroatoms. The molecule has 3 saturated carbocycles. The van der Waals surface area contributed by atoms with Crippen LogP contribution in [0.5, 0.6) is 0 Å². The van der Waals surface area contributed by atoms with Gasteiger partial charge in [-0.25, -0.2) is 0 Å². The van der Waals surface area contributed by atoms with Crippen LogP contribution in [0.3, 0.4) is 0 Å². The summed E-state index contributed by atoms with van der Waals surface area (Å²) in [6.07, 6.45) is 16.3. The van der Waals surface area contributed by atoms with Crippen molar-refractivity contribution in [3.8, 4) is 0 Å². The molecule has 0 bridgehead atoms. The minimum absolute atomic E-state index is 0.168. The van der Waals surface area contributed by atoms with Crippen LogP contribution in [0.25, 0.3) is 0 Å². The molecule has 30 heavy (non-hydrogen) atoms. The van der Waals surface area contributed by atoms with Crippen LogP contribution < -0.4 is 5.32 Å². The normalized spacial score (nSPS) is 32.3. The Balaban J connectivity index is 1.17. The van der Waals surface area contributed by atoms with E-state index in [4.69, 9.17) is 0 Å². The first kappa shape index (κ1) is 22.1. The molecule has 1 unspecified atom stereocenters. The summed E-state index contributed by atoms with van der Waals surface area (Å²) >= 11 is 0. The predicted octanol–water partition coefficient (Wildman–Crippen LogP) is 4.11. The molecule has 0 radical (unpaired) electrons. The van der Waals surface area contributed by atoms with E-state index in [1.165, 1.54) is 57.8 Å². The Kier molecular flexibility index (Phi) is 7.72. The third kappa shape index (κ3) is 5.57. The van der Waals surface area contributed by atoms with Gasteiger partial charge in [-0.3, -0.25) is 14.5 Å². The van der Waals surface area contributed by atoms with Gasteiger partial charge in [-0.15, -0.1) is 0 Å². The van der Waals surface area contributed by atoms with Gasteiger partial charge in [0.1, 0.15) is 0 Å². The monoisotopic (exact) mass is 417 g/mol. The Labute approximate surface area is 183 Å². The van der Waals surface area contributed by atoms with Crippen LogP contribution in [0, 0.1) is 11.8 Å². The Morgan fingerprint density at radius 3 is 2.17 bits per heavy atom. The van der Waals surface area contributed by atoms with E-state index >= 15 is 0 Å². The number of nitrogens with zero attached hydrogens (tertiary/aromatic N) is 2. The summed E-state index contributed by atoms with van der Waals surface area (Å²) < 4.78 is 0. The third-order valence-corrected chi connectivity index (χ3v) is 8.42. The number of nitrogens with one attached hydrogen (secondary N) is 1. The molecule has 3 aliphatic carbocycles. The maximum absolute atomic E-state index is 13.1. The number of hydrogen-bond acceptors (Lipinski definition) is 3. The van der Waals surface area contributed by atoms with Crippen LogP contribution in [-0.4, -0.2) is 59.4 Å². The van der Waals surface area contributed by atoms with Crippen molar-refractivity contribution < 1.29 is 9.59 Å². The lowest BCUT2D eigenvalue weighted by Crippen LogP contribution is -2.57. The van der Waals surface area contributed by atoms with Gasteiger partial charge in [0.05, 0.1) is 0 Å². The van der Waals surface area contributed by atoms with Crippen LogP contribution in [0.2, 0.25) is 0 Å². The van der Waals surface area contributed by atoms with Crippen molar-refractivity contribution in [2.75, 3.05) is 19.6 Å². The zero-order chi connectivity index (χ0) is 20.9. The van der Waals surface area contributed by atoms with E-state index in [2.05, 4.69) is 22.0 Å².